The Bertz CT molecular complexity index is 1140. The third-order valence-electron chi connectivity index (χ3n) is 4.93. The number of amides is 1. The maximum absolute atomic E-state index is 12.7. The van der Waals surface area contributed by atoms with E-state index < -0.39 is 10.0 Å². The Morgan fingerprint density at radius 2 is 2.07 bits per heavy atom. The molecule has 0 spiro atoms. The van der Waals surface area contributed by atoms with Gasteiger partial charge in [0.2, 0.25) is 10.0 Å². The number of pyridine rings is 1. The predicted molar refractivity (Wildman–Crippen MR) is 107 cm³/mol. The number of hydrogen-bond donors (Lipinski definition) is 1. The highest BCUT2D eigenvalue weighted by Crippen LogP contribution is 2.24. The van der Waals surface area contributed by atoms with Crippen LogP contribution in [0.3, 0.4) is 0 Å². The molecular weight excluding hydrogens is 390 g/mol. The van der Waals surface area contributed by atoms with E-state index in [1.165, 1.54) is 0 Å². The molecule has 3 heterocycles. The highest BCUT2D eigenvalue weighted by molar-refractivity contribution is 7.89. The van der Waals surface area contributed by atoms with Crippen LogP contribution in [0.1, 0.15) is 33.0 Å². The van der Waals surface area contributed by atoms with Crippen molar-refractivity contribution in [2.24, 2.45) is 0 Å². The fraction of sp³-hybridized carbons (Fsp3) is 0.238. The van der Waals surface area contributed by atoms with Crippen molar-refractivity contribution in [3.8, 4) is 0 Å². The summed E-state index contributed by atoms with van der Waals surface area (Å²) in [5.41, 5.74) is 2.42. The average Bonchev–Trinajstić information content (AvgIpc) is 3.17. The van der Waals surface area contributed by atoms with Gasteiger partial charge in [-0.1, -0.05) is 6.07 Å². The van der Waals surface area contributed by atoms with Crippen LogP contribution < -0.4 is 4.72 Å². The van der Waals surface area contributed by atoms with Crippen LogP contribution in [0.25, 0.3) is 0 Å². The van der Waals surface area contributed by atoms with Gasteiger partial charge in [0.25, 0.3) is 5.91 Å². The van der Waals surface area contributed by atoms with E-state index in [0.29, 0.717) is 30.8 Å². The molecular formula is C21H21N3O4S. The van der Waals surface area contributed by atoms with Crippen molar-refractivity contribution in [2.45, 2.75) is 31.3 Å². The predicted octanol–water partition coefficient (Wildman–Crippen LogP) is 2.66. The number of aromatic nitrogens is 1. The van der Waals surface area contributed by atoms with E-state index in [2.05, 4.69) is 9.71 Å². The quantitative estimate of drug-likeness (QED) is 0.697. The number of furan rings is 1. The molecule has 8 heteroatoms. The first-order chi connectivity index (χ1) is 13.9. The number of rotatable bonds is 5. The first-order valence-electron chi connectivity index (χ1n) is 9.28. The van der Waals surface area contributed by atoms with Gasteiger partial charge in [0.15, 0.2) is 0 Å². The number of aryl methyl sites for hydroxylation is 1. The Hall–Kier alpha value is -2.97. The third-order valence-corrected chi connectivity index (χ3v) is 6.33. The van der Waals surface area contributed by atoms with Crippen LogP contribution in [0.4, 0.5) is 0 Å². The molecule has 0 aliphatic carbocycles. The summed E-state index contributed by atoms with van der Waals surface area (Å²) in [6.07, 6.45) is 3.84. The van der Waals surface area contributed by atoms with Gasteiger partial charge in [0, 0.05) is 25.5 Å². The molecule has 1 amide bonds. The lowest BCUT2D eigenvalue weighted by atomic mass is 9.99. The Morgan fingerprint density at radius 3 is 2.79 bits per heavy atom. The fourth-order valence-corrected chi connectivity index (χ4v) is 4.42. The topological polar surface area (TPSA) is 92.5 Å². The van der Waals surface area contributed by atoms with Gasteiger partial charge in [-0.15, -0.1) is 0 Å². The molecule has 7 nitrogen and oxygen atoms in total. The molecule has 0 radical (unpaired) electrons. The standard InChI is InChI=1S/C21H21N3O4S/c1-15-4-6-19(28-15)13-23-29(26,27)20-7-5-16-8-10-24(14-18(16)11-20)21(25)17-3-2-9-22-12-17/h2-7,9,11-12,23H,8,10,13-14H2,1H3. The Morgan fingerprint density at radius 1 is 1.21 bits per heavy atom. The minimum Gasteiger partial charge on any atom is -0.465 e. The summed E-state index contributed by atoms with van der Waals surface area (Å²) >= 11 is 0. The number of fused-ring (bicyclic) bond motifs is 1. The largest absolute Gasteiger partial charge is 0.465 e. The van der Waals surface area contributed by atoms with E-state index in [1.807, 2.05) is 6.07 Å². The van der Waals surface area contributed by atoms with Crippen molar-refractivity contribution in [3.05, 3.63) is 83.1 Å². The summed E-state index contributed by atoms with van der Waals surface area (Å²) < 4.78 is 33.4. The summed E-state index contributed by atoms with van der Waals surface area (Å²) in [4.78, 5) is 18.6. The average molecular weight is 411 g/mol. The highest BCUT2D eigenvalue weighted by atomic mass is 32.2. The molecule has 3 aromatic rings. The number of carbonyl (C=O) groups is 1. The minimum absolute atomic E-state index is 0.0822. The lowest BCUT2D eigenvalue weighted by Crippen LogP contribution is -2.36. The van der Waals surface area contributed by atoms with Gasteiger partial charge < -0.3 is 9.32 Å². The summed E-state index contributed by atoms with van der Waals surface area (Å²) in [7, 11) is -3.70. The number of hydrogen-bond acceptors (Lipinski definition) is 5. The van der Waals surface area contributed by atoms with Gasteiger partial charge in [-0.05, 0) is 60.9 Å². The monoisotopic (exact) mass is 411 g/mol. The Labute approximate surface area is 169 Å². The van der Waals surface area contributed by atoms with E-state index in [4.69, 9.17) is 4.42 Å². The van der Waals surface area contributed by atoms with Crippen LogP contribution >= 0.6 is 0 Å². The molecule has 0 fully saturated rings. The highest BCUT2D eigenvalue weighted by Gasteiger charge is 2.24. The maximum Gasteiger partial charge on any atom is 0.255 e. The maximum atomic E-state index is 12.7. The van der Waals surface area contributed by atoms with Crippen molar-refractivity contribution < 1.29 is 17.6 Å². The summed E-state index contributed by atoms with van der Waals surface area (Å²) in [6.45, 7) is 2.84. The normalized spacial score (nSPS) is 13.9. The minimum atomic E-state index is -3.70. The molecule has 4 rings (SSSR count). The van der Waals surface area contributed by atoms with E-state index >= 15 is 0 Å². The van der Waals surface area contributed by atoms with Crippen LogP contribution in [0.5, 0.6) is 0 Å². The van der Waals surface area contributed by atoms with E-state index in [-0.39, 0.29) is 17.3 Å². The molecule has 1 aliphatic heterocycles. The van der Waals surface area contributed by atoms with Gasteiger partial charge in [-0.2, -0.15) is 0 Å². The zero-order valence-corrected chi connectivity index (χ0v) is 16.8. The van der Waals surface area contributed by atoms with Crippen LogP contribution in [-0.2, 0) is 29.5 Å². The molecule has 1 N–H and O–H groups in total. The van der Waals surface area contributed by atoms with Crippen molar-refractivity contribution in [2.75, 3.05) is 6.54 Å². The summed E-state index contributed by atoms with van der Waals surface area (Å²) in [5.74, 6) is 1.17. The van der Waals surface area contributed by atoms with Crippen molar-refractivity contribution in [1.82, 2.24) is 14.6 Å². The van der Waals surface area contributed by atoms with Crippen LogP contribution in [0.2, 0.25) is 0 Å². The zero-order valence-electron chi connectivity index (χ0n) is 16.0. The second-order valence-electron chi connectivity index (χ2n) is 6.99. The second-order valence-corrected chi connectivity index (χ2v) is 8.75. The first kappa shape index (κ1) is 19.4. The van der Waals surface area contributed by atoms with E-state index in [1.54, 1.807) is 60.6 Å². The van der Waals surface area contributed by atoms with Gasteiger partial charge in [-0.25, -0.2) is 13.1 Å². The first-order valence-corrected chi connectivity index (χ1v) is 10.8. The van der Waals surface area contributed by atoms with Gasteiger partial charge in [0.05, 0.1) is 17.0 Å². The molecule has 0 unspecified atom stereocenters. The van der Waals surface area contributed by atoms with Crippen LogP contribution in [0, 0.1) is 6.92 Å². The fourth-order valence-electron chi connectivity index (χ4n) is 3.38. The second kappa shape index (κ2) is 7.81. The molecule has 150 valence electrons. The molecule has 29 heavy (non-hydrogen) atoms. The lowest BCUT2D eigenvalue weighted by molar-refractivity contribution is 0.0734. The third kappa shape index (κ3) is 4.23. The number of benzene rings is 1. The van der Waals surface area contributed by atoms with Crippen molar-refractivity contribution in [1.29, 1.82) is 0 Å². The van der Waals surface area contributed by atoms with Crippen LogP contribution in [0.15, 0.2) is 64.2 Å². The molecule has 0 atom stereocenters. The number of nitrogens with zero attached hydrogens (tertiary/aromatic N) is 2. The zero-order chi connectivity index (χ0) is 20.4. The van der Waals surface area contributed by atoms with Crippen molar-refractivity contribution >= 4 is 15.9 Å². The molecule has 0 saturated carbocycles. The Kier molecular flexibility index (Phi) is 5.21. The van der Waals surface area contributed by atoms with Gasteiger partial charge in [0.1, 0.15) is 11.5 Å². The van der Waals surface area contributed by atoms with E-state index in [9.17, 15) is 13.2 Å². The van der Waals surface area contributed by atoms with Gasteiger partial charge in [-0.3, -0.25) is 9.78 Å². The molecule has 0 saturated heterocycles. The van der Waals surface area contributed by atoms with Gasteiger partial charge >= 0.3 is 0 Å². The lowest BCUT2D eigenvalue weighted by Gasteiger charge is -2.29. The summed E-state index contributed by atoms with van der Waals surface area (Å²) in [6, 6.07) is 12.1. The summed E-state index contributed by atoms with van der Waals surface area (Å²) in [5, 5.41) is 0. The van der Waals surface area contributed by atoms with E-state index in [0.717, 1.165) is 16.9 Å². The van der Waals surface area contributed by atoms with Crippen molar-refractivity contribution in [3.63, 3.8) is 0 Å². The SMILES string of the molecule is Cc1ccc(CNS(=O)(=O)c2ccc3c(c2)CN(C(=O)c2cccnc2)CC3)o1. The Balaban J connectivity index is 1.51. The molecule has 1 aromatic carbocycles. The molecule has 2 aromatic heterocycles. The molecule has 1 aliphatic rings. The number of carbonyl (C=O) groups excluding carboxylic acids is 1. The van der Waals surface area contributed by atoms with Crippen LogP contribution in [-0.4, -0.2) is 30.8 Å². The number of nitrogens with one attached hydrogen (secondary N) is 1. The number of sulfonamides is 1. The smallest absolute Gasteiger partial charge is 0.255 e. The molecule has 0 bridgehead atoms.